The van der Waals surface area contributed by atoms with E-state index in [-0.39, 0.29) is 11.4 Å². The summed E-state index contributed by atoms with van der Waals surface area (Å²) in [6, 6.07) is 10.1. The molecule has 0 saturated heterocycles. The van der Waals surface area contributed by atoms with Gasteiger partial charge in [-0.05, 0) is 53.6 Å². The lowest BCUT2D eigenvalue weighted by Gasteiger charge is -2.23. The van der Waals surface area contributed by atoms with Crippen LogP contribution < -0.4 is 4.72 Å². The fourth-order valence-electron chi connectivity index (χ4n) is 2.30. The van der Waals surface area contributed by atoms with E-state index in [1.165, 1.54) is 17.4 Å². The second-order valence-electron chi connectivity index (χ2n) is 5.44. The largest absolute Gasteiger partial charge is 0.384 e. The highest BCUT2D eigenvalue weighted by Crippen LogP contribution is 2.24. The van der Waals surface area contributed by atoms with E-state index in [0.29, 0.717) is 16.5 Å². The Morgan fingerprint density at radius 1 is 1.26 bits per heavy atom. The summed E-state index contributed by atoms with van der Waals surface area (Å²) < 4.78 is 27.7. The second-order valence-corrected chi connectivity index (χ2v) is 7.95. The minimum Gasteiger partial charge on any atom is -0.384 e. The molecule has 2 N–H and O–H groups in total. The molecule has 1 atom stereocenters. The number of sulfonamides is 1. The zero-order chi connectivity index (χ0) is 16.5. The van der Waals surface area contributed by atoms with E-state index < -0.39 is 15.6 Å². The van der Waals surface area contributed by atoms with Crippen molar-refractivity contribution < 1.29 is 13.5 Å². The summed E-state index contributed by atoms with van der Waals surface area (Å²) in [5.74, 6) is 0. The predicted octanol–water partition coefficient (Wildman–Crippen LogP) is 2.48. The zero-order valence-corrected chi connectivity index (χ0v) is 14.1. The Morgan fingerprint density at radius 2 is 2.09 bits per heavy atom. The summed E-state index contributed by atoms with van der Waals surface area (Å²) in [6.07, 6.45) is 1.62. The first-order valence-electron chi connectivity index (χ1n) is 6.99. The first-order valence-corrected chi connectivity index (χ1v) is 9.41. The van der Waals surface area contributed by atoms with E-state index >= 15 is 0 Å². The van der Waals surface area contributed by atoms with Gasteiger partial charge in [0.1, 0.15) is 5.60 Å². The molecule has 120 valence electrons. The minimum absolute atomic E-state index is 0.108. The molecule has 0 radical (unpaired) electrons. The van der Waals surface area contributed by atoms with Crippen molar-refractivity contribution in [3.63, 3.8) is 0 Å². The number of hydrogen-bond donors (Lipinski definition) is 2. The lowest BCUT2D eigenvalue weighted by molar-refractivity contribution is 0.0632. The fourth-order valence-corrected chi connectivity index (χ4v) is 4.42. The van der Waals surface area contributed by atoms with Crippen LogP contribution in [0.2, 0.25) is 0 Å². The summed E-state index contributed by atoms with van der Waals surface area (Å²) in [5.41, 5.74) is 0.0281. The molecule has 0 saturated carbocycles. The normalized spacial score (nSPS) is 14.7. The van der Waals surface area contributed by atoms with Crippen molar-refractivity contribution in [1.82, 2.24) is 9.71 Å². The van der Waals surface area contributed by atoms with Gasteiger partial charge in [-0.2, -0.15) is 11.3 Å². The number of benzene rings is 1. The number of pyridine rings is 1. The van der Waals surface area contributed by atoms with Crippen LogP contribution in [0.4, 0.5) is 0 Å². The number of hydrogen-bond acceptors (Lipinski definition) is 5. The number of rotatable bonds is 5. The molecule has 2 aromatic heterocycles. The second kappa shape index (κ2) is 6.01. The topological polar surface area (TPSA) is 79.3 Å². The molecule has 1 aromatic carbocycles. The molecule has 0 aliphatic rings. The molecule has 0 amide bonds. The van der Waals surface area contributed by atoms with Crippen LogP contribution in [0.3, 0.4) is 0 Å². The Balaban J connectivity index is 1.90. The highest BCUT2D eigenvalue weighted by atomic mass is 32.2. The fraction of sp³-hybridized carbons (Fsp3) is 0.188. The maximum Gasteiger partial charge on any atom is 0.241 e. The minimum atomic E-state index is -3.76. The van der Waals surface area contributed by atoms with Crippen molar-refractivity contribution >= 4 is 32.3 Å². The van der Waals surface area contributed by atoms with Gasteiger partial charge in [0.05, 0.1) is 10.4 Å². The van der Waals surface area contributed by atoms with Gasteiger partial charge in [-0.15, -0.1) is 0 Å². The van der Waals surface area contributed by atoms with Crippen LogP contribution in [0.1, 0.15) is 12.5 Å². The van der Waals surface area contributed by atoms with E-state index in [9.17, 15) is 13.5 Å². The zero-order valence-electron chi connectivity index (χ0n) is 12.4. The number of aliphatic hydroxyl groups is 1. The Morgan fingerprint density at radius 3 is 2.83 bits per heavy atom. The molecule has 2 heterocycles. The highest BCUT2D eigenvalue weighted by Gasteiger charge is 2.27. The number of aromatic nitrogens is 1. The van der Waals surface area contributed by atoms with E-state index in [1.54, 1.807) is 48.8 Å². The van der Waals surface area contributed by atoms with Crippen LogP contribution in [0.5, 0.6) is 0 Å². The summed E-state index contributed by atoms with van der Waals surface area (Å²) in [5, 5.41) is 14.7. The Labute approximate surface area is 138 Å². The molecule has 3 aromatic rings. The number of thiophene rings is 1. The van der Waals surface area contributed by atoms with Crippen molar-refractivity contribution in [3.05, 3.63) is 58.9 Å². The summed E-state index contributed by atoms with van der Waals surface area (Å²) in [6.45, 7) is 1.48. The molecular formula is C16H16N2O3S2. The molecule has 7 heteroatoms. The molecule has 0 fully saturated rings. The van der Waals surface area contributed by atoms with Crippen molar-refractivity contribution in [2.24, 2.45) is 0 Å². The molecule has 0 aliphatic heterocycles. The van der Waals surface area contributed by atoms with Gasteiger partial charge in [0.15, 0.2) is 0 Å². The molecule has 0 bridgehead atoms. The maximum atomic E-state index is 12.6. The van der Waals surface area contributed by atoms with Gasteiger partial charge in [0.25, 0.3) is 0 Å². The van der Waals surface area contributed by atoms with E-state index in [1.807, 2.05) is 5.38 Å². The molecule has 0 aliphatic carbocycles. The van der Waals surface area contributed by atoms with Gasteiger partial charge in [-0.25, -0.2) is 13.1 Å². The van der Waals surface area contributed by atoms with E-state index in [4.69, 9.17) is 0 Å². The number of fused-ring (bicyclic) bond motifs is 1. The molecule has 5 nitrogen and oxygen atoms in total. The molecule has 0 spiro atoms. The van der Waals surface area contributed by atoms with Gasteiger partial charge in [-0.3, -0.25) is 4.98 Å². The van der Waals surface area contributed by atoms with Crippen LogP contribution in [0.15, 0.2) is 58.3 Å². The van der Waals surface area contributed by atoms with E-state index in [2.05, 4.69) is 9.71 Å². The first-order chi connectivity index (χ1) is 10.9. The first kappa shape index (κ1) is 16.1. The van der Waals surface area contributed by atoms with Gasteiger partial charge in [0.2, 0.25) is 10.0 Å². The molecule has 0 unspecified atom stereocenters. The number of nitrogens with zero attached hydrogens (tertiary/aromatic N) is 1. The van der Waals surface area contributed by atoms with Crippen LogP contribution in [-0.2, 0) is 15.6 Å². The van der Waals surface area contributed by atoms with Gasteiger partial charge >= 0.3 is 0 Å². The Hall–Kier alpha value is -1.80. The lowest BCUT2D eigenvalue weighted by Crippen LogP contribution is -2.38. The third kappa shape index (κ3) is 3.28. The SMILES string of the molecule is C[C@](O)(CNS(=O)(=O)c1cccc2ncccc12)c1ccsc1. The maximum absolute atomic E-state index is 12.6. The average molecular weight is 348 g/mol. The van der Waals surface area contributed by atoms with Gasteiger partial charge in [-0.1, -0.05) is 6.07 Å². The van der Waals surface area contributed by atoms with Crippen molar-refractivity contribution in [3.8, 4) is 0 Å². The number of nitrogens with one attached hydrogen (secondary N) is 1. The molecule has 3 rings (SSSR count). The third-order valence-corrected chi connectivity index (χ3v) is 5.79. The van der Waals surface area contributed by atoms with E-state index in [0.717, 1.165) is 0 Å². The van der Waals surface area contributed by atoms with Gasteiger partial charge in [0, 0.05) is 18.1 Å². The lowest BCUT2D eigenvalue weighted by atomic mass is 10.0. The van der Waals surface area contributed by atoms with Crippen molar-refractivity contribution in [2.75, 3.05) is 6.54 Å². The summed E-state index contributed by atoms with van der Waals surface area (Å²) in [7, 11) is -3.76. The smallest absolute Gasteiger partial charge is 0.241 e. The van der Waals surface area contributed by atoms with Crippen LogP contribution in [0, 0.1) is 0 Å². The van der Waals surface area contributed by atoms with Crippen molar-refractivity contribution in [1.29, 1.82) is 0 Å². The average Bonchev–Trinajstić information content (AvgIpc) is 3.08. The van der Waals surface area contributed by atoms with Gasteiger partial charge < -0.3 is 5.11 Å². The quantitative estimate of drug-likeness (QED) is 0.742. The highest BCUT2D eigenvalue weighted by molar-refractivity contribution is 7.89. The molecular weight excluding hydrogens is 332 g/mol. The third-order valence-electron chi connectivity index (χ3n) is 3.64. The van der Waals surface area contributed by atoms with Crippen LogP contribution in [0.25, 0.3) is 10.9 Å². The monoisotopic (exact) mass is 348 g/mol. The predicted molar refractivity (Wildman–Crippen MR) is 90.8 cm³/mol. The van der Waals surface area contributed by atoms with Crippen molar-refractivity contribution in [2.45, 2.75) is 17.4 Å². The Bertz CT molecular complexity index is 914. The van der Waals surface area contributed by atoms with Crippen LogP contribution in [-0.4, -0.2) is 25.1 Å². The van der Waals surface area contributed by atoms with Crippen LogP contribution >= 0.6 is 11.3 Å². The summed E-state index contributed by atoms with van der Waals surface area (Å²) in [4.78, 5) is 4.32. The molecule has 23 heavy (non-hydrogen) atoms. The standard InChI is InChI=1S/C16H16N2O3S2/c1-16(19,12-7-9-22-10-12)11-18-23(20,21)15-6-2-5-14-13(15)4-3-8-17-14/h2-10,18-19H,11H2,1H3/t16-/m0/s1. The Kier molecular flexibility index (Phi) is 4.20. The summed E-state index contributed by atoms with van der Waals surface area (Å²) >= 11 is 1.45.